The Balaban J connectivity index is 2.38. The second-order valence-corrected chi connectivity index (χ2v) is 5.58. The second kappa shape index (κ2) is 7.14. The van der Waals surface area contributed by atoms with Crippen LogP contribution in [0.4, 0.5) is 0 Å². The van der Waals surface area contributed by atoms with Gasteiger partial charge in [-0.25, -0.2) is 0 Å². The van der Waals surface area contributed by atoms with Crippen molar-refractivity contribution in [3.05, 3.63) is 57.2 Å². The minimum absolute atomic E-state index is 0.0989. The molecule has 21 heavy (non-hydrogen) atoms. The number of hydrogen-bond acceptors (Lipinski definition) is 3. The van der Waals surface area contributed by atoms with Gasteiger partial charge in [-0.15, -0.1) is 0 Å². The molecule has 0 fully saturated rings. The molecular formula is C17H14INO2. The van der Waals surface area contributed by atoms with Crippen molar-refractivity contribution in [1.82, 2.24) is 0 Å². The first-order chi connectivity index (χ1) is 10.1. The van der Waals surface area contributed by atoms with Gasteiger partial charge < -0.3 is 9.84 Å². The van der Waals surface area contributed by atoms with Crippen molar-refractivity contribution in [1.29, 1.82) is 5.26 Å². The molecule has 2 aromatic carbocycles. The van der Waals surface area contributed by atoms with E-state index in [-0.39, 0.29) is 5.75 Å². The van der Waals surface area contributed by atoms with E-state index in [1.54, 1.807) is 24.3 Å². The summed E-state index contributed by atoms with van der Waals surface area (Å²) in [6.45, 7) is 2.33. The van der Waals surface area contributed by atoms with Crippen LogP contribution in [0.2, 0.25) is 0 Å². The highest BCUT2D eigenvalue weighted by atomic mass is 127. The lowest BCUT2D eigenvalue weighted by molar-refractivity contribution is 0.318. The molecule has 0 unspecified atom stereocenters. The number of benzene rings is 2. The second-order valence-electron chi connectivity index (χ2n) is 4.34. The number of nitriles is 1. The molecule has 3 nitrogen and oxygen atoms in total. The third-order valence-electron chi connectivity index (χ3n) is 2.87. The molecule has 0 amide bonds. The van der Waals surface area contributed by atoms with E-state index >= 15 is 0 Å². The fourth-order valence-electron chi connectivity index (χ4n) is 1.87. The number of aromatic hydroxyl groups is 1. The summed E-state index contributed by atoms with van der Waals surface area (Å²) in [5, 5.41) is 19.0. The molecule has 0 aliphatic rings. The third-order valence-corrected chi connectivity index (χ3v) is 3.59. The summed E-state index contributed by atoms with van der Waals surface area (Å²) in [7, 11) is 0. The Labute approximate surface area is 137 Å². The first-order valence-corrected chi connectivity index (χ1v) is 7.55. The Hall–Kier alpha value is -2.00. The minimum Gasteiger partial charge on any atom is -0.504 e. The molecule has 0 atom stereocenters. The number of phenols is 1. The van der Waals surface area contributed by atoms with Gasteiger partial charge in [-0.05, 0) is 71.0 Å². The fourth-order valence-corrected chi connectivity index (χ4v) is 2.23. The molecular weight excluding hydrogens is 377 g/mol. The summed E-state index contributed by atoms with van der Waals surface area (Å²) >= 11 is 2.23. The zero-order valence-corrected chi connectivity index (χ0v) is 13.7. The maximum absolute atomic E-state index is 9.69. The third kappa shape index (κ3) is 3.99. The molecule has 0 spiro atoms. The van der Waals surface area contributed by atoms with Crippen LogP contribution in [0.1, 0.15) is 18.1 Å². The van der Waals surface area contributed by atoms with E-state index < -0.39 is 0 Å². The summed E-state index contributed by atoms with van der Waals surface area (Å²) in [6, 6.07) is 15.0. The normalized spacial score (nSPS) is 11.0. The smallest absolute Gasteiger partial charge is 0.161 e. The summed E-state index contributed by atoms with van der Waals surface area (Å²) in [5.74, 6) is 0.521. The molecule has 0 radical (unpaired) electrons. The Morgan fingerprint density at radius 3 is 2.62 bits per heavy atom. The summed E-state index contributed by atoms with van der Waals surface area (Å²) in [4.78, 5) is 0. The molecule has 0 heterocycles. The number of halogens is 1. The van der Waals surface area contributed by atoms with Crippen molar-refractivity contribution in [2.24, 2.45) is 0 Å². The van der Waals surface area contributed by atoms with Crippen LogP contribution in [0.5, 0.6) is 11.5 Å². The van der Waals surface area contributed by atoms with Crippen LogP contribution >= 0.6 is 22.6 Å². The quantitative estimate of drug-likeness (QED) is 0.476. The molecule has 0 aromatic heterocycles. The average molecular weight is 391 g/mol. The van der Waals surface area contributed by atoms with Gasteiger partial charge in [0.15, 0.2) is 11.5 Å². The zero-order valence-electron chi connectivity index (χ0n) is 11.5. The van der Waals surface area contributed by atoms with Crippen molar-refractivity contribution >= 4 is 34.2 Å². The van der Waals surface area contributed by atoms with Crippen LogP contribution in [-0.4, -0.2) is 11.7 Å². The summed E-state index contributed by atoms with van der Waals surface area (Å²) < 4.78 is 6.47. The monoisotopic (exact) mass is 391 g/mol. The molecule has 4 heteroatoms. The molecule has 0 bridgehead atoms. The Kier molecular flexibility index (Phi) is 5.23. The fraction of sp³-hybridized carbons (Fsp3) is 0.118. The lowest BCUT2D eigenvalue weighted by Crippen LogP contribution is -1.92. The molecule has 0 saturated carbocycles. The number of rotatable bonds is 4. The largest absolute Gasteiger partial charge is 0.504 e. The predicted octanol–water partition coefficient (Wildman–Crippen LogP) is 4.46. The molecule has 106 valence electrons. The lowest BCUT2D eigenvalue weighted by atomic mass is 10.0. The van der Waals surface area contributed by atoms with Crippen molar-refractivity contribution in [2.45, 2.75) is 6.92 Å². The molecule has 0 saturated heterocycles. The van der Waals surface area contributed by atoms with E-state index in [1.165, 1.54) is 0 Å². The molecule has 1 N–H and O–H groups in total. The SMILES string of the molecule is CCOc1cc(/C=C(/C#N)c2ccc(I)cc2)ccc1O. The van der Waals surface area contributed by atoms with Crippen LogP contribution in [-0.2, 0) is 0 Å². The average Bonchev–Trinajstić information content (AvgIpc) is 2.49. The van der Waals surface area contributed by atoms with Gasteiger partial charge in [-0.1, -0.05) is 18.2 Å². The van der Waals surface area contributed by atoms with Gasteiger partial charge in [0.1, 0.15) is 0 Å². The summed E-state index contributed by atoms with van der Waals surface area (Å²) in [6.07, 6.45) is 1.78. The van der Waals surface area contributed by atoms with Crippen LogP contribution in [0.3, 0.4) is 0 Å². The highest BCUT2D eigenvalue weighted by molar-refractivity contribution is 14.1. The zero-order chi connectivity index (χ0) is 15.2. The maximum Gasteiger partial charge on any atom is 0.161 e. The Bertz CT molecular complexity index is 700. The highest BCUT2D eigenvalue weighted by Gasteiger charge is 2.05. The highest BCUT2D eigenvalue weighted by Crippen LogP contribution is 2.28. The first-order valence-electron chi connectivity index (χ1n) is 6.47. The minimum atomic E-state index is 0.0989. The van der Waals surface area contributed by atoms with Crippen molar-refractivity contribution < 1.29 is 9.84 Å². The van der Waals surface area contributed by atoms with Crippen LogP contribution < -0.4 is 4.74 Å². The van der Waals surface area contributed by atoms with Gasteiger partial charge in [-0.2, -0.15) is 5.26 Å². The number of hydrogen-bond donors (Lipinski definition) is 1. The Morgan fingerprint density at radius 1 is 1.29 bits per heavy atom. The standard InChI is InChI=1S/C17H14INO2/c1-2-21-17-10-12(3-8-16(17)20)9-14(11-19)13-4-6-15(18)7-5-13/h3-10,20H,2H2,1H3/b14-9-. The first kappa shape index (κ1) is 15.4. The molecule has 0 aliphatic heterocycles. The molecule has 0 aliphatic carbocycles. The topological polar surface area (TPSA) is 53.2 Å². The van der Waals surface area contributed by atoms with E-state index in [4.69, 9.17) is 4.74 Å². The number of nitrogens with zero attached hydrogens (tertiary/aromatic N) is 1. The van der Waals surface area contributed by atoms with Crippen molar-refractivity contribution in [3.63, 3.8) is 0 Å². The van der Waals surface area contributed by atoms with Crippen LogP contribution in [0.25, 0.3) is 11.6 Å². The van der Waals surface area contributed by atoms with Gasteiger partial charge in [0.05, 0.1) is 18.2 Å². The van der Waals surface area contributed by atoms with E-state index in [9.17, 15) is 10.4 Å². The molecule has 2 aromatic rings. The van der Waals surface area contributed by atoms with Gasteiger partial charge in [0.2, 0.25) is 0 Å². The Morgan fingerprint density at radius 2 is 2.00 bits per heavy atom. The van der Waals surface area contributed by atoms with Crippen molar-refractivity contribution in [2.75, 3.05) is 6.61 Å². The predicted molar refractivity (Wildman–Crippen MR) is 91.9 cm³/mol. The van der Waals surface area contributed by atoms with Crippen LogP contribution in [0.15, 0.2) is 42.5 Å². The van der Waals surface area contributed by atoms with E-state index in [1.807, 2.05) is 31.2 Å². The molecule has 2 rings (SSSR count). The van der Waals surface area contributed by atoms with Crippen molar-refractivity contribution in [3.8, 4) is 17.6 Å². The number of phenolic OH excluding ortho intramolecular Hbond substituents is 1. The summed E-state index contributed by atoms with van der Waals surface area (Å²) in [5.41, 5.74) is 2.25. The van der Waals surface area contributed by atoms with E-state index in [2.05, 4.69) is 28.7 Å². The number of ether oxygens (including phenoxy) is 1. The van der Waals surface area contributed by atoms with Gasteiger partial charge in [0, 0.05) is 3.57 Å². The van der Waals surface area contributed by atoms with E-state index in [0.717, 1.165) is 14.7 Å². The van der Waals surface area contributed by atoms with Crippen LogP contribution in [0, 0.1) is 14.9 Å². The maximum atomic E-state index is 9.69. The van der Waals surface area contributed by atoms with Gasteiger partial charge in [-0.3, -0.25) is 0 Å². The van der Waals surface area contributed by atoms with Gasteiger partial charge >= 0.3 is 0 Å². The van der Waals surface area contributed by atoms with E-state index in [0.29, 0.717) is 17.9 Å². The van der Waals surface area contributed by atoms with Gasteiger partial charge in [0.25, 0.3) is 0 Å². The number of allylic oxidation sites excluding steroid dienone is 1. The lowest BCUT2D eigenvalue weighted by Gasteiger charge is -2.07.